The lowest BCUT2D eigenvalue weighted by molar-refractivity contribution is -0.167. The molecule has 1 rings (SSSR count). The normalized spacial score (nSPS) is 24.7. The number of nitrogens with zero attached hydrogens (tertiary/aromatic N) is 1. The number of carbonyl (C=O) groups is 2. The van der Waals surface area contributed by atoms with Crippen molar-refractivity contribution in [1.29, 1.82) is 0 Å². The molecule has 0 spiro atoms. The molecule has 1 aliphatic rings. The molecule has 21 heavy (non-hydrogen) atoms. The number of carboxylic acids is 1. The first-order valence-corrected chi connectivity index (χ1v) is 7.64. The zero-order valence-corrected chi connectivity index (χ0v) is 14.1. The second kappa shape index (κ2) is 6.34. The molecular weight excluding hydrogens is 270 g/mol. The number of carbonyl (C=O) groups excluding carboxylic acids is 1. The Morgan fingerprint density at radius 1 is 1.43 bits per heavy atom. The second-order valence-electron chi connectivity index (χ2n) is 7.58. The van der Waals surface area contributed by atoms with E-state index in [1.807, 2.05) is 34.6 Å². The summed E-state index contributed by atoms with van der Waals surface area (Å²) in [7, 11) is 0. The molecular formula is C16H29NO4. The van der Waals surface area contributed by atoms with Crippen LogP contribution in [0.1, 0.15) is 54.4 Å². The van der Waals surface area contributed by atoms with Gasteiger partial charge in [0.15, 0.2) is 0 Å². The fraction of sp³-hybridized carbons (Fsp3) is 0.875. The first kappa shape index (κ1) is 18.0. The molecule has 0 aromatic heterocycles. The predicted molar refractivity (Wildman–Crippen MR) is 81.0 cm³/mol. The van der Waals surface area contributed by atoms with E-state index in [4.69, 9.17) is 4.74 Å². The van der Waals surface area contributed by atoms with Crippen LogP contribution in [-0.4, -0.2) is 46.7 Å². The molecule has 1 N–H and O–H groups in total. The number of amides is 1. The summed E-state index contributed by atoms with van der Waals surface area (Å²) in [5.74, 6) is -0.725. The maximum absolute atomic E-state index is 13.0. The van der Waals surface area contributed by atoms with Gasteiger partial charge in [-0.25, -0.2) is 0 Å². The zero-order chi connectivity index (χ0) is 16.4. The lowest BCUT2D eigenvalue weighted by atomic mass is 9.77. The molecule has 1 aliphatic heterocycles. The van der Waals surface area contributed by atoms with Gasteiger partial charge in [-0.3, -0.25) is 9.59 Å². The summed E-state index contributed by atoms with van der Waals surface area (Å²) in [5.41, 5.74) is -1.24. The Labute approximate surface area is 127 Å². The monoisotopic (exact) mass is 299 g/mol. The van der Waals surface area contributed by atoms with Gasteiger partial charge in [0, 0.05) is 6.54 Å². The lowest BCUT2D eigenvalue weighted by Gasteiger charge is -2.46. The number of carboxylic acid groups (broad SMARTS) is 1. The summed E-state index contributed by atoms with van der Waals surface area (Å²) in [6, 6.07) is -0.0224. The third-order valence-corrected chi connectivity index (χ3v) is 3.98. The van der Waals surface area contributed by atoms with E-state index in [-0.39, 0.29) is 29.9 Å². The number of hydrogen-bond acceptors (Lipinski definition) is 3. The Morgan fingerprint density at radius 2 is 2.00 bits per heavy atom. The van der Waals surface area contributed by atoms with Crippen molar-refractivity contribution in [3.8, 4) is 0 Å². The molecule has 1 saturated heterocycles. The van der Waals surface area contributed by atoms with Gasteiger partial charge in [0.05, 0.1) is 30.1 Å². The Bertz CT molecular complexity index is 405. The van der Waals surface area contributed by atoms with Gasteiger partial charge in [0.2, 0.25) is 5.91 Å². The van der Waals surface area contributed by atoms with Gasteiger partial charge in [-0.15, -0.1) is 0 Å². The standard InChI is InChI=1S/C16H29NO4/c1-11(2)7-16(6,8-13(18)19)14(20)17-10-15(4,5)21-9-12(17)3/h11-12H,7-10H2,1-6H3,(H,18,19)/t12-,16?/m0/s1. The minimum atomic E-state index is -0.924. The third-order valence-electron chi connectivity index (χ3n) is 3.98. The first-order chi connectivity index (χ1) is 9.47. The highest BCUT2D eigenvalue weighted by Crippen LogP contribution is 2.35. The molecule has 2 atom stereocenters. The Kier molecular flexibility index (Phi) is 5.42. The molecule has 1 unspecified atom stereocenters. The van der Waals surface area contributed by atoms with Crippen LogP contribution < -0.4 is 0 Å². The number of hydrogen-bond donors (Lipinski definition) is 1. The number of rotatable bonds is 5. The topological polar surface area (TPSA) is 66.8 Å². The van der Waals surface area contributed by atoms with Crippen molar-refractivity contribution < 1.29 is 19.4 Å². The van der Waals surface area contributed by atoms with Gasteiger partial charge in [0.25, 0.3) is 0 Å². The molecule has 0 radical (unpaired) electrons. The summed E-state index contributed by atoms with van der Waals surface area (Å²) in [4.78, 5) is 26.0. The van der Waals surface area contributed by atoms with E-state index in [1.54, 1.807) is 11.8 Å². The Balaban J connectivity index is 3.00. The van der Waals surface area contributed by atoms with Gasteiger partial charge < -0.3 is 14.7 Å². The predicted octanol–water partition coefficient (Wildman–Crippen LogP) is 2.54. The van der Waals surface area contributed by atoms with Crippen molar-refractivity contribution in [2.45, 2.75) is 66.0 Å². The molecule has 5 heteroatoms. The van der Waals surface area contributed by atoms with Crippen molar-refractivity contribution in [3.63, 3.8) is 0 Å². The van der Waals surface area contributed by atoms with Crippen LogP contribution in [0.2, 0.25) is 0 Å². The van der Waals surface area contributed by atoms with Crippen LogP contribution in [0.4, 0.5) is 0 Å². The fourth-order valence-corrected chi connectivity index (χ4v) is 3.14. The minimum Gasteiger partial charge on any atom is -0.481 e. The fourth-order valence-electron chi connectivity index (χ4n) is 3.14. The van der Waals surface area contributed by atoms with Gasteiger partial charge in [-0.05, 0) is 33.1 Å². The van der Waals surface area contributed by atoms with Crippen molar-refractivity contribution >= 4 is 11.9 Å². The van der Waals surface area contributed by atoms with E-state index in [9.17, 15) is 14.7 Å². The highest BCUT2D eigenvalue weighted by molar-refractivity contribution is 5.87. The average Bonchev–Trinajstić information content (AvgIpc) is 2.29. The molecule has 1 heterocycles. The summed E-state index contributed by atoms with van der Waals surface area (Å²) >= 11 is 0. The van der Waals surface area contributed by atoms with E-state index in [0.29, 0.717) is 19.6 Å². The maximum Gasteiger partial charge on any atom is 0.304 e. The molecule has 0 aromatic carbocycles. The van der Waals surface area contributed by atoms with E-state index in [2.05, 4.69) is 0 Å². The van der Waals surface area contributed by atoms with E-state index < -0.39 is 11.4 Å². The second-order valence-corrected chi connectivity index (χ2v) is 7.58. The zero-order valence-electron chi connectivity index (χ0n) is 14.1. The van der Waals surface area contributed by atoms with Crippen molar-refractivity contribution in [2.75, 3.05) is 13.2 Å². The largest absolute Gasteiger partial charge is 0.481 e. The highest BCUT2D eigenvalue weighted by Gasteiger charge is 2.44. The van der Waals surface area contributed by atoms with Crippen LogP contribution in [0.5, 0.6) is 0 Å². The quantitative estimate of drug-likeness (QED) is 0.847. The van der Waals surface area contributed by atoms with Crippen molar-refractivity contribution in [1.82, 2.24) is 4.90 Å². The molecule has 0 saturated carbocycles. The number of morpholine rings is 1. The summed E-state index contributed by atoms with van der Waals surface area (Å²) < 4.78 is 5.72. The van der Waals surface area contributed by atoms with Gasteiger partial charge >= 0.3 is 5.97 Å². The third kappa shape index (κ3) is 4.70. The smallest absolute Gasteiger partial charge is 0.304 e. The molecule has 5 nitrogen and oxygen atoms in total. The first-order valence-electron chi connectivity index (χ1n) is 7.64. The van der Waals surface area contributed by atoms with Gasteiger partial charge in [0.1, 0.15) is 0 Å². The summed E-state index contributed by atoms with van der Waals surface area (Å²) in [6.45, 7) is 12.7. The van der Waals surface area contributed by atoms with Crippen molar-refractivity contribution in [3.05, 3.63) is 0 Å². The summed E-state index contributed by atoms with van der Waals surface area (Å²) in [6.07, 6.45) is 0.442. The summed E-state index contributed by atoms with van der Waals surface area (Å²) in [5, 5.41) is 9.18. The van der Waals surface area contributed by atoms with Crippen LogP contribution >= 0.6 is 0 Å². The van der Waals surface area contributed by atoms with Crippen LogP contribution in [0.15, 0.2) is 0 Å². The lowest BCUT2D eigenvalue weighted by Crippen LogP contribution is -2.58. The Hall–Kier alpha value is -1.10. The number of aliphatic carboxylic acids is 1. The molecule has 122 valence electrons. The van der Waals surface area contributed by atoms with E-state index >= 15 is 0 Å². The molecule has 0 aromatic rings. The highest BCUT2D eigenvalue weighted by atomic mass is 16.5. The van der Waals surface area contributed by atoms with Crippen molar-refractivity contribution in [2.24, 2.45) is 11.3 Å². The average molecular weight is 299 g/mol. The molecule has 0 bridgehead atoms. The van der Waals surface area contributed by atoms with Crippen LogP contribution in [0.25, 0.3) is 0 Å². The van der Waals surface area contributed by atoms with E-state index in [0.717, 1.165) is 0 Å². The van der Waals surface area contributed by atoms with Crippen LogP contribution in [-0.2, 0) is 14.3 Å². The molecule has 1 amide bonds. The SMILES string of the molecule is CC(C)CC(C)(CC(=O)O)C(=O)N1CC(C)(C)OC[C@@H]1C. The van der Waals surface area contributed by atoms with Gasteiger partial charge in [-0.2, -0.15) is 0 Å². The molecule has 0 aliphatic carbocycles. The maximum atomic E-state index is 13.0. The van der Waals surface area contributed by atoms with Gasteiger partial charge in [-0.1, -0.05) is 20.8 Å². The van der Waals surface area contributed by atoms with Crippen LogP contribution in [0, 0.1) is 11.3 Å². The molecule has 1 fully saturated rings. The van der Waals surface area contributed by atoms with E-state index in [1.165, 1.54) is 0 Å². The Morgan fingerprint density at radius 3 is 2.48 bits per heavy atom. The van der Waals surface area contributed by atoms with Crippen LogP contribution in [0.3, 0.4) is 0 Å². The minimum absolute atomic E-state index is 0.0224. The number of ether oxygens (including phenoxy) is 1.